The van der Waals surface area contributed by atoms with E-state index in [9.17, 15) is 0 Å². The van der Waals surface area contributed by atoms with Crippen molar-refractivity contribution in [1.82, 2.24) is 0 Å². The molecule has 0 aromatic heterocycles. The quantitative estimate of drug-likeness (QED) is 0.266. The lowest BCUT2D eigenvalue weighted by molar-refractivity contribution is 0.813. The van der Waals surface area contributed by atoms with E-state index in [1.54, 1.807) is 0 Å². The molecule has 0 atom stereocenters. The number of hydrogen-bond donors (Lipinski definition) is 0. The molecule has 0 radical (unpaired) electrons. The van der Waals surface area contributed by atoms with Crippen LogP contribution in [0.1, 0.15) is 19.3 Å². The topological polar surface area (TPSA) is 0 Å². The highest BCUT2D eigenvalue weighted by atomic mass is 35.7. The molecule has 0 spiro atoms. The van der Waals surface area contributed by atoms with Crippen molar-refractivity contribution in [3.8, 4) is 0 Å². The molecule has 54 valence electrons. The maximum absolute atomic E-state index is 5.64. The Morgan fingerprint density at radius 3 is 2.44 bits per heavy atom. The highest BCUT2D eigenvalue weighted by Crippen LogP contribution is 2.09. The van der Waals surface area contributed by atoms with Crippen LogP contribution in [-0.4, -0.2) is 7.42 Å². The van der Waals surface area contributed by atoms with E-state index in [4.69, 9.17) is 22.2 Å². The van der Waals surface area contributed by atoms with Crippen molar-refractivity contribution in [2.75, 3.05) is 0 Å². The van der Waals surface area contributed by atoms with Gasteiger partial charge in [0.1, 0.15) is 0 Å². The van der Waals surface area contributed by atoms with E-state index in [1.165, 1.54) is 6.42 Å². The lowest BCUT2D eigenvalue weighted by Crippen LogP contribution is -1.90. The molecule has 0 aliphatic heterocycles. The van der Waals surface area contributed by atoms with Gasteiger partial charge in [-0.1, -0.05) is 18.9 Å². The summed E-state index contributed by atoms with van der Waals surface area (Å²) in [4.78, 5) is 0. The first-order valence-electron chi connectivity index (χ1n) is 3.16. The second kappa shape index (κ2) is 6.65. The third-order valence-electron chi connectivity index (χ3n) is 1.08. The molecule has 0 aliphatic rings. The molecule has 9 heavy (non-hydrogen) atoms. The van der Waals surface area contributed by atoms with Gasteiger partial charge in [0, 0.05) is 0 Å². The average Bonchev–Trinajstić information content (AvgIpc) is 1.80. The minimum Gasteiger partial charge on any atom is -0.150 e. The van der Waals surface area contributed by atoms with Gasteiger partial charge in [-0.05, 0) is 12.5 Å². The molecule has 0 fully saturated rings. The Balaban J connectivity index is 2.82. The van der Waals surface area contributed by atoms with Gasteiger partial charge in [-0.2, -0.15) is 22.2 Å². The van der Waals surface area contributed by atoms with E-state index >= 15 is 0 Å². The summed E-state index contributed by atoms with van der Waals surface area (Å²) < 4.78 is 0. The molecule has 0 rings (SSSR count). The van der Waals surface area contributed by atoms with E-state index < -0.39 is 7.42 Å². The monoisotopic (exact) mass is 182 g/mol. The second-order valence-corrected chi connectivity index (χ2v) is 7.15. The van der Waals surface area contributed by atoms with Crippen LogP contribution >= 0.6 is 22.2 Å². The Hall–Kier alpha value is 0.537. The van der Waals surface area contributed by atoms with Crippen molar-refractivity contribution in [3.63, 3.8) is 0 Å². The van der Waals surface area contributed by atoms with Crippen LogP contribution < -0.4 is 0 Å². The molecular formula is C6H12Cl2Si. The Morgan fingerprint density at radius 1 is 1.33 bits per heavy atom. The van der Waals surface area contributed by atoms with Gasteiger partial charge in [-0.15, -0.1) is 6.58 Å². The predicted molar refractivity (Wildman–Crippen MR) is 47.7 cm³/mol. The van der Waals surface area contributed by atoms with Crippen molar-refractivity contribution in [2.24, 2.45) is 0 Å². The number of halogens is 2. The maximum Gasteiger partial charge on any atom is 0.237 e. The van der Waals surface area contributed by atoms with Gasteiger partial charge >= 0.3 is 0 Å². The summed E-state index contributed by atoms with van der Waals surface area (Å²) in [5, 5.41) is 0. The zero-order valence-electron chi connectivity index (χ0n) is 5.45. The molecule has 0 saturated carbocycles. The predicted octanol–water partition coefficient (Wildman–Crippen LogP) is 3.04. The maximum atomic E-state index is 5.64. The lowest BCUT2D eigenvalue weighted by atomic mass is 10.2. The molecule has 0 saturated heterocycles. The minimum absolute atomic E-state index is 1.04. The number of unbranched alkanes of at least 4 members (excludes halogenated alkanes) is 2. The van der Waals surface area contributed by atoms with Crippen LogP contribution in [-0.2, 0) is 0 Å². The van der Waals surface area contributed by atoms with Crippen LogP contribution in [0.4, 0.5) is 0 Å². The summed E-state index contributed by atoms with van der Waals surface area (Å²) >= 11 is 11.3. The summed E-state index contributed by atoms with van der Waals surface area (Å²) in [5.41, 5.74) is 0. The average molecular weight is 183 g/mol. The van der Waals surface area contributed by atoms with Gasteiger partial charge < -0.3 is 0 Å². The first-order valence-corrected chi connectivity index (χ1v) is 7.47. The van der Waals surface area contributed by atoms with Crippen molar-refractivity contribution >= 4 is 29.6 Å². The Labute approximate surface area is 67.9 Å². The van der Waals surface area contributed by atoms with Crippen LogP contribution in [0.25, 0.3) is 0 Å². The number of hydrogen-bond acceptors (Lipinski definition) is 0. The number of rotatable bonds is 5. The van der Waals surface area contributed by atoms with E-state index in [1.807, 2.05) is 6.08 Å². The number of allylic oxidation sites excluding steroid dienone is 1. The highest BCUT2D eigenvalue weighted by Gasteiger charge is 1.98. The molecule has 3 heteroatoms. The van der Waals surface area contributed by atoms with Gasteiger partial charge in [-0.25, -0.2) is 0 Å². The third-order valence-corrected chi connectivity index (χ3v) is 3.23. The Kier molecular flexibility index (Phi) is 7.05. The molecule has 0 nitrogen and oxygen atoms in total. The van der Waals surface area contributed by atoms with E-state index in [0.717, 1.165) is 18.9 Å². The van der Waals surface area contributed by atoms with Crippen molar-refractivity contribution in [2.45, 2.75) is 25.3 Å². The van der Waals surface area contributed by atoms with Crippen LogP contribution in [0.15, 0.2) is 12.7 Å². The van der Waals surface area contributed by atoms with Crippen molar-refractivity contribution in [3.05, 3.63) is 12.7 Å². The van der Waals surface area contributed by atoms with E-state index in [0.29, 0.717) is 0 Å². The SMILES string of the molecule is C=CCCCC[SiH](Cl)Cl. The van der Waals surface area contributed by atoms with Crippen LogP contribution in [0, 0.1) is 0 Å². The largest absolute Gasteiger partial charge is 0.237 e. The molecule has 0 aromatic carbocycles. The minimum atomic E-state index is -1.30. The summed E-state index contributed by atoms with van der Waals surface area (Å²) in [6, 6.07) is 1.04. The molecule has 0 amide bonds. The zero-order chi connectivity index (χ0) is 7.11. The highest BCUT2D eigenvalue weighted by molar-refractivity contribution is 7.33. The summed E-state index contributed by atoms with van der Waals surface area (Å²) in [5.74, 6) is 0. The van der Waals surface area contributed by atoms with Gasteiger partial charge in [0.05, 0.1) is 0 Å². The van der Waals surface area contributed by atoms with Crippen molar-refractivity contribution < 1.29 is 0 Å². The van der Waals surface area contributed by atoms with Gasteiger partial charge in [0.15, 0.2) is 0 Å². The van der Waals surface area contributed by atoms with Gasteiger partial charge in [-0.3, -0.25) is 0 Å². The molecular weight excluding hydrogens is 171 g/mol. The van der Waals surface area contributed by atoms with Crippen molar-refractivity contribution in [1.29, 1.82) is 0 Å². The van der Waals surface area contributed by atoms with Gasteiger partial charge in [0.25, 0.3) is 0 Å². The molecule has 0 heterocycles. The standard InChI is InChI=1S/C6H12Cl2Si/c1-2-3-4-5-6-9(7)8/h2,9H,1,3-6H2. The van der Waals surface area contributed by atoms with E-state index in [-0.39, 0.29) is 0 Å². The third kappa shape index (κ3) is 8.54. The molecule has 0 aromatic rings. The first-order chi connectivity index (χ1) is 4.27. The van der Waals surface area contributed by atoms with Crippen LogP contribution in [0.5, 0.6) is 0 Å². The summed E-state index contributed by atoms with van der Waals surface area (Å²) in [6.45, 7) is 3.62. The van der Waals surface area contributed by atoms with Crippen LogP contribution in [0.3, 0.4) is 0 Å². The lowest BCUT2D eigenvalue weighted by Gasteiger charge is -1.95. The fraction of sp³-hybridized carbons (Fsp3) is 0.667. The Morgan fingerprint density at radius 2 is 2.00 bits per heavy atom. The fourth-order valence-corrected chi connectivity index (χ4v) is 2.11. The summed E-state index contributed by atoms with van der Waals surface area (Å²) in [7, 11) is -1.30. The Bertz CT molecular complexity index is 73.5. The van der Waals surface area contributed by atoms with E-state index in [2.05, 4.69) is 6.58 Å². The second-order valence-electron chi connectivity index (χ2n) is 1.96. The smallest absolute Gasteiger partial charge is 0.150 e. The zero-order valence-corrected chi connectivity index (χ0v) is 8.11. The first kappa shape index (κ1) is 9.54. The molecule has 0 N–H and O–H groups in total. The molecule has 0 bridgehead atoms. The summed E-state index contributed by atoms with van der Waals surface area (Å²) in [6.07, 6.45) is 5.37. The normalized spacial score (nSPS) is 10.1. The van der Waals surface area contributed by atoms with Crippen LogP contribution in [0.2, 0.25) is 6.04 Å². The van der Waals surface area contributed by atoms with Gasteiger partial charge in [0.2, 0.25) is 7.42 Å². The molecule has 0 aliphatic carbocycles. The fourth-order valence-electron chi connectivity index (χ4n) is 0.587. The molecule has 0 unspecified atom stereocenters.